The zero-order valence-corrected chi connectivity index (χ0v) is 13.6. The highest BCUT2D eigenvalue weighted by molar-refractivity contribution is 9.10. The second-order valence-electron chi connectivity index (χ2n) is 5.03. The van der Waals surface area contributed by atoms with Gasteiger partial charge in [0.1, 0.15) is 11.5 Å². The summed E-state index contributed by atoms with van der Waals surface area (Å²) in [6.45, 7) is 7.06. The van der Waals surface area contributed by atoms with Crippen molar-refractivity contribution in [2.75, 3.05) is 0 Å². The molecule has 0 unspecified atom stereocenters. The molecule has 4 heteroatoms. The standard InChI is InChI=1S/C16H19BrN2O/c1-11(2)19-9-13-6-7-18-10-16(13)20-14-4-5-15(17)12(3)8-14/h4-8,10-11,19H,9H2,1-3H3. The van der Waals surface area contributed by atoms with Gasteiger partial charge in [-0.3, -0.25) is 4.98 Å². The van der Waals surface area contributed by atoms with E-state index in [9.17, 15) is 0 Å². The third-order valence-corrected chi connectivity index (χ3v) is 3.82. The van der Waals surface area contributed by atoms with Crippen LogP contribution in [0.1, 0.15) is 25.0 Å². The first-order valence-corrected chi connectivity index (χ1v) is 7.46. The Morgan fingerprint density at radius 2 is 2.10 bits per heavy atom. The van der Waals surface area contributed by atoms with Gasteiger partial charge in [-0.1, -0.05) is 29.8 Å². The summed E-state index contributed by atoms with van der Waals surface area (Å²) in [6, 6.07) is 8.37. The number of hydrogen-bond acceptors (Lipinski definition) is 3. The molecule has 0 saturated heterocycles. The number of aryl methyl sites for hydroxylation is 1. The molecule has 0 aliphatic heterocycles. The fourth-order valence-corrected chi connectivity index (χ4v) is 2.02. The Morgan fingerprint density at radius 3 is 2.80 bits per heavy atom. The minimum absolute atomic E-state index is 0.436. The predicted molar refractivity (Wildman–Crippen MR) is 85.2 cm³/mol. The number of pyridine rings is 1. The zero-order valence-electron chi connectivity index (χ0n) is 12.0. The van der Waals surface area contributed by atoms with Gasteiger partial charge in [-0.25, -0.2) is 0 Å². The molecule has 0 saturated carbocycles. The van der Waals surface area contributed by atoms with E-state index in [1.165, 1.54) is 0 Å². The van der Waals surface area contributed by atoms with Crippen molar-refractivity contribution in [3.8, 4) is 11.5 Å². The Balaban J connectivity index is 2.17. The predicted octanol–water partition coefficient (Wildman–Crippen LogP) is 4.44. The SMILES string of the molecule is Cc1cc(Oc2cnccc2CNC(C)C)ccc1Br. The lowest BCUT2D eigenvalue weighted by atomic mass is 10.2. The van der Waals surface area contributed by atoms with Crippen molar-refractivity contribution in [3.05, 3.63) is 52.3 Å². The molecule has 0 radical (unpaired) electrons. The summed E-state index contributed by atoms with van der Waals surface area (Å²) < 4.78 is 7.04. The number of hydrogen-bond donors (Lipinski definition) is 1. The van der Waals surface area contributed by atoms with Gasteiger partial charge in [0.2, 0.25) is 0 Å². The van der Waals surface area contributed by atoms with Crippen LogP contribution >= 0.6 is 15.9 Å². The number of nitrogens with one attached hydrogen (secondary N) is 1. The highest BCUT2D eigenvalue weighted by Gasteiger charge is 2.06. The molecule has 1 heterocycles. The molecule has 2 aromatic rings. The number of halogens is 1. The number of benzene rings is 1. The maximum atomic E-state index is 5.95. The molecule has 2 rings (SSSR count). The summed E-state index contributed by atoms with van der Waals surface area (Å²) in [5, 5.41) is 3.39. The van der Waals surface area contributed by atoms with Gasteiger partial charge in [-0.2, -0.15) is 0 Å². The monoisotopic (exact) mass is 334 g/mol. The van der Waals surface area contributed by atoms with E-state index in [0.29, 0.717) is 6.04 Å². The molecular weight excluding hydrogens is 316 g/mol. The fourth-order valence-electron chi connectivity index (χ4n) is 1.77. The van der Waals surface area contributed by atoms with Gasteiger partial charge in [0.05, 0.1) is 6.20 Å². The molecule has 3 nitrogen and oxygen atoms in total. The zero-order chi connectivity index (χ0) is 14.5. The average Bonchev–Trinajstić information content (AvgIpc) is 2.42. The van der Waals surface area contributed by atoms with Crippen LogP contribution in [-0.2, 0) is 6.54 Å². The van der Waals surface area contributed by atoms with E-state index in [-0.39, 0.29) is 0 Å². The molecule has 1 N–H and O–H groups in total. The minimum Gasteiger partial charge on any atom is -0.455 e. The molecule has 0 fully saturated rings. The first-order valence-electron chi connectivity index (χ1n) is 6.66. The molecule has 0 amide bonds. The molecule has 0 spiro atoms. The lowest BCUT2D eigenvalue weighted by Gasteiger charge is -2.13. The fraction of sp³-hybridized carbons (Fsp3) is 0.312. The summed E-state index contributed by atoms with van der Waals surface area (Å²) in [7, 11) is 0. The van der Waals surface area contributed by atoms with Gasteiger partial charge in [-0.05, 0) is 36.8 Å². The maximum Gasteiger partial charge on any atom is 0.150 e. The lowest BCUT2D eigenvalue weighted by molar-refractivity contribution is 0.466. The van der Waals surface area contributed by atoms with E-state index in [4.69, 9.17) is 4.74 Å². The Kier molecular flexibility index (Phi) is 5.15. The van der Waals surface area contributed by atoms with Crippen molar-refractivity contribution in [2.24, 2.45) is 0 Å². The molecule has 0 aliphatic carbocycles. The molecule has 0 bridgehead atoms. The quantitative estimate of drug-likeness (QED) is 0.877. The summed E-state index contributed by atoms with van der Waals surface area (Å²) in [6.07, 6.45) is 3.55. The van der Waals surface area contributed by atoms with E-state index in [1.807, 2.05) is 31.2 Å². The third kappa shape index (κ3) is 4.05. The number of aromatic nitrogens is 1. The molecule has 1 aromatic heterocycles. The van der Waals surface area contributed by atoms with Crippen LogP contribution in [0.15, 0.2) is 41.1 Å². The average molecular weight is 335 g/mol. The van der Waals surface area contributed by atoms with Gasteiger partial charge in [0, 0.05) is 28.8 Å². The molecule has 0 aliphatic rings. The van der Waals surface area contributed by atoms with Gasteiger partial charge in [0.15, 0.2) is 0 Å². The summed E-state index contributed by atoms with van der Waals surface area (Å²) in [5.41, 5.74) is 2.25. The van der Waals surface area contributed by atoms with Crippen molar-refractivity contribution < 1.29 is 4.74 Å². The lowest BCUT2D eigenvalue weighted by Crippen LogP contribution is -2.22. The maximum absolute atomic E-state index is 5.95. The third-order valence-electron chi connectivity index (χ3n) is 2.93. The van der Waals surface area contributed by atoms with Crippen LogP contribution in [0.25, 0.3) is 0 Å². The summed E-state index contributed by atoms with van der Waals surface area (Å²) in [5.74, 6) is 1.62. The van der Waals surface area contributed by atoms with Crippen molar-refractivity contribution in [2.45, 2.75) is 33.4 Å². The number of rotatable bonds is 5. The second-order valence-corrected chi connectivity index (χ2v) is 5.89. The van der Waals surface area contributed by atoms with E-state index in [1.54, 1.807) is 12.4 Å². The molecule has 0 atom stereocenters. The van der Waals surface area contributed by atoms with E-state index in [0.717, 1.165) is 33.6 Å². The van der Waals surface area contributed by atoms with E-state index >= 15 is 0 Å². The van der Waals surface area contributed by atoms with Crippen LogP contribution in [0, 0.1) is 6.92 Å². The van der Waals surface area contributed by atoms with Crippen LogP contribution in [0.5, 0.6) is 11.5 Å². The first-order chi connectivity index (χ1) is 9.56. The van der Waals surface area contributed by atoms with Gasteiger partial charge >= 0.3 is 0 Å². The Morgan fingerprint density at radius 1 is 1.30 bits per heavy atom. The van der Waals surface area contributed by atoms with Crippen LogP contribution in [0.4, 0.5) is 0 Å². The topological polar surface area (TPSA) is 34.1 Å². The van der Waals surface area contributed by atoms with Crippen LogP contribution in [-0.4, -0.2) is 11.0 Å². The Labute approximate surface area is 128 Å². The smallest absolute Gasteiger partial charge is 0.150 e. The van der Waals surface area contributed by atoms with Crippen molar-refractivity contribution in [3.63, 3.8) is 0 Å². The van der Waals surface area contributed by atoms with Crippen molar-refractivity contribution in [1.82, 2.24) is 10.3 Å². The Bertz CT molecular complexity index is 584. The van der Waals surface area contributed by atoms with Gasteiger partial charge < -0.3 is 10.1 Å². The largest absolute Gasteiger partial charge is 0.455 e. The highest BCUT2D eigenvalue weighted by atomic mass is 79.9. The Hall–Kier alpha value is -1.39. The first kappa shape index (κ1) is 15.0. The number of ether oxygens (including phenoxy) is 1. The summed E-state index contributed by atoms with van der Waals surface area (Å²) >= 11 is 3.49. The number of nitrogens with zero attached hydrogens (tertiary/aromatic N) is 1. The van der Waals surface area contributed by atoms with Crippen LogP contribution in [0.3, 0.4) is 0 Å². The normalized spacial score (nSPS) is 10.8. The van der Waals surface area contributed by atoms with Crippen molar-refractivity contribution >= 4 is 15.9 Å². The van der Waals surface area contributed by atoms with Crippen molar-refractivity contribution in [1.29, 1.82) is 0 Å². The molecule has 1 aromatic carbocycles. The van der Waals surface area contributed by atoms with Gasteiger partial charge in [0.25, 0.3) is 0 Å². The van der Waals surface area contributed by atoms with Crippen LogP contribution in [0.2, 0.25) is 0 Å². The summed E-state index contributed by atoms with van der Waals surface area (Å²) in [4.78, 5) is 4.15. The minimum atomic E-state index is 0.436. The highest BCUT2D eigenvalue weighted by Crippen LogP contribution is 2.27. The van der Waals surface area contributed by atoms with Gasteiger partial charge in [-0.15, -0.1) is 0 Å². The van der Waals surface area contributed by atoms with E-state index in [2.05, 4.69) is 40.1 Å². The van der Waals surface area contributed by atoms with Crippen LogP contribution < -0.4 is 10.1 Å². The second kappa shape index (κ2) is 6.86. The molecular formula is C16H19BrN2O. The van der Waals surface area contributed by atoms with E-state index < -0.39 is 0 Å². The molecule has 20 heavy (non-hydrogen) atoms. The molecule has 106 valence electrons.